The molecule has 0 bridgehead atoms. The van der Waals surface area contributed by atoms with Crippen LogP contribution in [0.3, 0.4) is 0 Å². The Balaban J connectivity index is 1.81. The third-order valence-electron chi connectivity index (χ3n) is 3.94. The summed E-state index contributed by atoms with van der Waals surface area (Å²) in [5.41, 5.74) is 6.56. The fraction of sp³-hybridized carbons (Fsp3) is 0.533. The maximum atomic E-state index is 11.1. The molecule has 1 aromatic rings. The summed E-state index contributed by atoms with van der Waals surface area (Å²) in [5, 5.41) is 3.55. The zero-order valence-electron chi connectivity index (χ0n) is 11.7. The number of carbonyl (C=O) groups excluding carboxylic acids is 1. The summed E-state index contributed by atoms with van der Waals surface area (Å²) in [5.74, 6) is 0.765. The number of nitrogens with two attached hydrogens (primary N) is 1. The molecule has 0 aromatic heterocycles. The monoisotopic (exact) mass is 340 g/mol. The number of methoxy groups -OCH3 is 1. The third-order valence-corrected chi connectivity index (χ3v) is 4.56. The van der Waals surface area contributed by atoms with Gasteiger partial charge in [0.25, 0.3) is 0 Å². The SMILES string of the molecule is COc1ccc(CNC2CCC(C(N)=O)CC2)cc1Br. The maximum absolute atomic E-state index is 11.1. The minimum Gasteiger partial charge on any atom is -0.496 e. The second-order valence-electron chi connectivity index (χ2n) is 5.30. The van der Waals surface area contributed by atoms with Gasteiger partial charge in [0.2, 0.25) is 5.91 Å². The number of rotatable bonds is 5. The molecule has 1 aliphatic carbocycles. The number of primary amides is 1. The average molecular weight is 341 g/mol. The normalized spacial score (nSPS) is 22.5. The molecule has 3 N–H and O–H groups in total. The first-order chi connectivity index (χ1) is 9.60. The van der Waals surface area contributed by atoms with Crippen LogP contribution in [0.5, 0.6) is 5.75 Å². The number of ether oxygens (including phenoxy) is 1. The van der Waals surface area contributed by atoms with Gasteiger partial charge >= 0.3 is 0 Å². The van der Waals surface area contributed by atoms with Gasteiger partial charge < -0.3 is 15.8 Å². The van der Waals surface area contributed by atoms with Gasteiger partial charge in [-0.1, -0.05) is 6.07 Å². The molecule has 2 rings (SSSR count). The van der Waals surface area contributed by atoms with Crippen molar-refractivity contribution in [2.75, 3.05) is 7.11 Å². The van der Waals surface area contributed by atoms with Crippen molar-refractivity contribution < 1.29 is 9.53 Å². The molecule has 1 aromatic carbocycles. The van der Waals surface area contributed by atoms with Gasteiger partial charge in [-0.25, -0.2) is 0 Å². The van der Waals surface area contributed by atoms with E-state index >= 15 is 0 Å². The Kier molecular flexibility index (Phi) is 5.43. The molecule has 1 amide bonds. The molecular weight excluding hydrogens is 320 g/mol. The molecule has 0 radical (unpaired) electrons. The molecule has 0 saturated heterocycles. The Morgan fingerprint density at radius 1 is 1.40 bits per heavy atom. The molecule has 0 heterocycles. The Bertz CT molecular complexity index is 471. The van der Waals surface area contributed by atoms with Gasteiger partial charge in [0.05, 0.1) is 11.6 Å². The van der Waals surface area contributed by atoms with E-state index in [1.54, 1.807) is 7.11 Å². The van der Waals surface area contributed by atoms with Crippen LogP contribution < -0.4 is 15.8 Å². The second-order valence-corrected chi connectivity index (χ2v) is 6.16. The van der Waals surface area contributed by atoms with Gasteiger partial charge in [-0.15, -0.1) is 0 Å². The number of hydrogen-bond acceptors (Lipinski definition) is 3. The number of hydrogen-bond donors (Lipinski definition) is 2. The number of halogens is 1. The molecule has 1 fully saturated rings. The molecule has 5 heteroatoms. The van der Waals surface area contributed by atoms with Crippen molar-refractivity contribution in [1.82, 2.24) is 5.32 Å². The molecule has 0 spiro atoms. The smallest absolute Gasteiger partial charge is 0.220 e. The summed E-state index contributed by atoms with van der Waals surface area (Å²) in [4.78, 5) is 11.1. The van der Waals surface area contributed by atoms with E-state index in [2.05, 4.69) is 33.4 Å². The lowest BCUT2D eigenvalue weighted by Crippen LogP contribution is -2.36. The van der Waals surface area contributed by atoms with Crippen LogP contribution in [0.1, 0.15) is 31.2 Å². The summed E-state index contributed by atoms with van der Waals surface area (Å²) in [6, 6.07) is 6.57. The van der Waals surface area contributed by atoms with Crippen LogP contribution in [0.15, 0.2) is 22.7 Å². The fourth-order valence-corrected chi connectivity index (χ4v) is 3.25. The van der Waals surface area contributed by atoms with E-state index in [1.165, 1.54) is 5.56 Å². The van der Waals surface area contributed by atoms with E-state index in [1.807, 2.05) is 6.07 Å². The summed E-state index contributed by atoms with van der Waals surface area (Å²) in [6.07, 6.45) is 3.84. The molecular formula is C15H21BrN2O2. The number of benzene rings is 1. The molecule has 20 heavy (non-hydrogen) atoms. The van der Waals surface area contributed by atoms with E-state index in [0.717, 1.165) is 42.5 Å². The van der Waals surface area contributed by atoms with Crippen molar-refractivity contribution in [1.29, 1.82) is 0 Å². The van der Waals surface area contributed by atoms with Crippen molar-refractivity contribution in [3.63, 3.8) is 0 Å². The van der Waals surface area contributed by atoms with Crippen LogP contribution in [0.25, 0.3) is 0 Å². The summed E-state index contributed by atoms with van der Waals surface area (Å²) in [6.45, 7) is 0.828. The van der Waals surface area contributed by atoms with Gasteiger partial charge in [-0.2, -0.15) is 0 Å². The topological polar surface area (TPSA) is 64.3 Å². The molecule has 4 nitrogen and oxygen atoms in total. The van der Waals surface area contributed by atoms with Crippen LogP contribution >= 0.6 is 15.9 Å². The van der Waals surface area contributed by atoms with Crippen molar-refractivity contribution in [2.45, 2.75) is 38.3 Å². The Hall–Kier alpha value is -1.07. The molecule has 0 atom stereocenters. The summed E-state index contributed by atoms with van der Waals surface area (Å²) in [7, 11) is 1.66. The van der Waals surface area contributed by atoms with E-state index in [0.29, 0.717) is 6.04 Å². The van der Waals surface area contributed by atoms with E-state index in [-0.39, 0.29) is 11.8 Å². The Morgan fingerprint density at radius 3 is 2.65 bits per heavy atom. The predicted molar refractivity (Wildman–Crippen MR) is 82.5 cm³/mol. The number of nitrogens with one attached hydrogen (secondary N) is 1. The fourth-order valence-electron chi connectivity index (χ4n) is 2.66. The Morgan fingerprint density at radius 2 is 2.10 bits per heavy atom. The molecule has 0 aliphatic heterocycles. The van der Waals surface area contributed by atoms with E-state index in [4.69, 9.17) is 10.5 Å². The minimum absolute atomic E-state index is 0.0724. The van der Waals surface area contributed by atoms with Crippen molar-refractivity contribution in [3.8, 4) is 5.75 Å². The minimum atomic E-state index is -0.150. The highest BCUT2D eigenvalue weighted by Gasteiger charge is 2.24. The van der Waals surface area contributed by atoms with E-state index in [9.17, 15) is 4.79 Å². The summed E-state index contributed by atoms with van der Waals surface area (Å²) >= 11 is 3.49. The highest BCUT2D eigenvalue weighted by atomic mass is 79.9. The quantitative estimate of drug-likeness (QED) is 0.865. The van der Waals surface area contributed by atoms with E-state index < -0.39 is 0 Å². The highest BCUT2D eigenvalue weighted by molar-refractivity contribution is 9.10. The lowest BCUT2D eigenvalue weighted by atomic mass is 9.85. The van der Waals surface area contributed by atoms with Crippen molar-refractivity contribution in [3.05, 3.63) is 28.2 Å². The predicted octanol–water partition coefficient (Wildman–Crippen LogP) is 2.59. The number of amides is 1. The van der Waals surface area contributed by atoms with Crippen LogP contribution in [0, 0.1) is 5.92 Å². The van der Waals surface area contributed by atoms with Crippen LogP contribution in [-0.2, 0) is 11.3 Å². The second kappa shape index (κ2) is 7.09. The molecule has 0 unspecified atom stereocenters. The maximum Gasteiger partial charge on any atom is 0.220 e. The largest absolute Gasteiger partial charge is 0.496 e. The van der Waals surface area contributed by atoms with Crippen molar-refractivity contribution in [2.24, 2.45) is 11.7 Å². The lowest BCUT2D eigenvalue weighted by molar-refractivity contribution is -0.122. The lowest BCUT2D eigenvalue weighted by Gasteiger charge is -2.27. The van der Waals surface area contributed by atoms with Gasteiger partial charge in [0.1, 0.15) is 5.75 Å². The first-order valence-corrected chi connectivity index (χ1v) is 7.74. The summed E-state index contributed by atoms with van der Waals surface area (Å²) < 4.78 is 6.19. The third kappa shape index (κ3) is 3.96. The zero-order chi connectivity index (χ0) is 14.5. The Labute approximate surface area is 128 Å². The molecule has 110 valence electrons. The average Bonchev–Trinajstić information content (AvgIpc) is 2.45. The van der Waals surface area contributed by atoms with Gasteiger partial charge in [0, 0.05) is 18.5 Å². The van der Waals surface area contributed by atoms with Crippen LogP contribution in [0.2, 0.25) is 0 Å². The zero-order valence-corrected chi connectivity index (χ0v) is 13.3. The first kappa shape index (κ1) is 15.3. The highest BCUT2D eigenvalue weighted by Crippen LogP contribution is 2.27. The van der Waals surface area contributed by atoms with Gasteiger partial charge in [-0.05, 0) is 59.3 Å². The number of carbonyl (C=O) groups is 1. The van der Waals surface area contributed by atoms with Gasteiger partial charge in [-0.3, -0.25) is 4.79 Å². The van der Waals surface area contributed by atoms with Gasteiger partial charge in [0.15, 0.2) is 0 Å². The molecule has 1 saturated carbocycles. The standard InChI is InChI=1S/C15H21BrN2O2/c1-20-14-7-2-10(8-13(14)16)9-18-12-5-3-11(4-6-12)15(17)19/h2,7-8,11-12,18H,3-6,9H2,1H3,(H2,17,19). The van der Waals surface area contributed by atoms with Crippen molar-refractivity contribution >= 4 is 21.8 Å². The van der Waals surface area contributed by atoms with Crippen LogP contribution in [-0.4, -0.2) is 19.1 Å². The first-order valence-electron chi connectivity index (χ1n) is 6.95. The van der Waals surface area contributed by atoms with Crippen LogP contribution in [0.4, 0.5) is 0 Å². The molecule has 1 aliphatic rings.